The summed E-state index contributed by atoms with van der Waals surface area (Å²) in [4.78, 5) is 4.70. The molecule has 128 heavy (non-hydrogen) atoms. The van der Waals surface area contributed by atoms with Gasteiger partial charge in [-0.1, -0.05) is 382 Å². The summed E-state index contributed by atoms with van der Waals surface area (Å²) in [7, 11) is 0. The van der Waals surface area contributed by atoms with Crippen molar-refractivity contribution in [3.05, 3.63) is 510 Å². The molecule has 0 radical (unpaired) electrons. The molecule has 0 N–H and O–H groups in total. The second-order valence-electron chi connectivity index (χ2n) is 32.9. The van der Waals surface area contributed by atoms with Gasteiger partial charge in [0.15, 0.2) is 0 Å². The molecule has 0 atom stereocenters. The average molecular weight is 1630 g/mol. The Kier molecular flexibility index (Phi) is 19.6. The molecule has 4 heteroatoms. The van der Waals surface area contributed by atoms with E-state index >= 15 is 0 Å². The van der Waals surface area contributed by atoms with Gasteiger partial charge in [0.1, 0.15) is 0 Å². The van der Waals surface area contributed by atoms with Crippen LogP contribution in [0.1, 0.15) is 0 Å². The SMILES string of the molecule is c1ccc(-c2cccc(-n3c4ccccc4c4cc(-c5ccc(N(c6ccccc6)c6ccc(-c7c8ccccc8c(-c8ccccc8)c8ccccc78)cc6)cc5)ccc43)c2)cc1.c1ccc(-c2ccccc2-n2c3ccccc3c3cc(-c4ccc(N(c5ccccc5)c5ccc(-c6c7ccccc7c(-c7ccccc7)c7ccccc67)cc5)cc4)ccc32)cc1. The van der Waals surface area contributed by atoms with Crippen molar-refractivity contribution < 1.29 is 0 Å². The normalized spacial score (nSPS) is 11.4. The fraction of sp³-hybridized carbons (Fsp3) is 0. The maximum atomic E-state index is 2.42. The molecule has 0 aliphatic rings. The molecule has 2 heterocycles. The molecule has 22 aromatic carbocycles. The van der Waals surface area contributed by atoms with Crippen LogP contribution < -0.4 is 9.80 Å². The molecule has 600 valence electrons. The molecule has 0 saturated carbocycles. The van der Waals surface area contributed by atoms with Crippen LogP contribution in [0.15, 0.2) is 510 Å². The van der Waals surface area contributed by atoms with E-state index in [2.05, 4.69) is 529 Å². The van der Waals surface area contributed by atoms with Gasteiger partial charge in [0.25, 0.3) is 0 Å². The Morgan fingerprint density at radius 3 is 0.758 bits per heavy atom. The summed E-state index contributed by atoms with van der Waals surface area (Å²) in [5.74, 6) is 0. The summed E-state index contributed by atoms with van der Waals surface area (Å²) >= 11 is 0. The lowest BCUT2D eigenvalue weighted by Gasteiger charge is -2.26. The zero-order valence-corrected chi connectivity index (χ0v) is 70.3. The van der Waals surface area contributed by atoms with Gasteiger partial charge in [0.2, 0.25) is 0 Å². The van der Waals surface area contributed by atoms with Gasteiger partial charge in [0.05, 0.1) is 27.8 Å². The number of aromatic nitrogens is 2. The van der Waals surface area contributed by atoms with Crippen LogP contribution in [0.3, 0.4) is 0 Å². The van der Waals surface area contributed by atoms with Crippen molar-refractivity contribution in [2.75, 3.05) is 9.80 Å². The minimum Gasteiger partial charge on any atom is -0.311 e. The Hall–Kier alpha value is -16.9. The van der Waals surface area contributed by atoms with Gasteiger partial charge in [0, 0.05) is 66.9 Å². The molecule has 0 amide bonds. The standard InChI is InChI=1S/2C62H42N2/c1-4-18-44(19-5-1)51-24-14-16-30-58(51)64-59-31-17-15-25-52(59)57-42-47(36-41-60(57)64)43-32-37-49(38-33-43)63(48-22-8-3-9-23-48)50-39-34-46(35-40-50)62-55-28-12-10-26-53(55)61(45-20-6-2-7-21-45)54-27-11-13-29-56(54)62;1-4-17-43(18-5-1)47-21-16-24-52(41-47)64-59-30-15-14-25-53(59)58-42-48(35-40-60(58)64)44-31-36-50(37-32-44)63(49-22-8-3-9-23-49)51-38-33-46(34-39-51)62-56-28-12-10-26-54(56)61(45-19-6-2-7-20-45)55-27-11-13-29-57(55)62/h2*1-42H. The zero-order chi connectivity index (χ0) is 84.8. The minimum absolute atomic E-state index is 1.10. The molecule has 0 fully saturated rings. The number of nitrogens with zero attached hydrogens (tertiary/aromatic N) is 4. The van der Waals surface area contributed by atoms with Crippen molar-refractivity contribution in [2.45, 2.75) is 0 Å². The van der Waals surface area contributed by atoms with Crippen LogP contribution >= 0.6 is 0 Å². The fourth-order valence-electron chi connectivity index (χ4n) is 19.7. The number of rotatable bonds is 16. The molecule has 24 rings (SSSR count). The van der Waals surface area contributed by atoms with Crippen LogP contribution in [0, 0.1) is 0 Å². The van der Waals surface area contributed by atoms with Crippen molar-refractivity contribution in [1.29, 1.82) is 0 Å². The fourth-order valence-corrected chi connectivity index (χ4v) is 19.7. The number of benzene rings is 22. The molecule has 0 aliphatic heterocycles. The predicted octanol–water partition coefficient (Wildman–Crippen LogP) is 34.5. The first kappa shape index (κ1) is 76.0. The first-order valence-electron chi connectivity index (χ1n) is 44.0. The maximum Gasteiger partial charge on any atom is 0.0541 e. The summed E-state index contributed by atoms with van der Waals surface area (Å²) in [6.45, 7) is 0. The van der Waals surface area contributed by atoms with Gasteiger partial charge in [-0.25, -0.2) is 0 Å². The monoisotopic (exact) mass is 1630 g/mol. The highest BCUT2D eigenvalue weighted by atomic mass is 15.1. The van der Waals surface area contributed by atoms with Crippen LogP contribution in [0.5, 0.6) is 0 Å². The summed E-state index contributed by atoms with van der Waals surface area (Å²) in [6, 6.07) is 185. The Bertz CT molecular complexity index is 8120. The Morgan fingerprint density at radius 2 is 0.375 bits per heavy atom. The molecule has 2 aromatic heterocycles. The molecule has 4 nitrogen and oxygen atoms in total. The highest BCUT2D eigenvalue weighted by molar-refractivity contribution is 6.23. The molecule has 0 bridgehead atoms. The third-order valence-corrected chi connectivity index (χ3v) is 25.5. The largest absolute Gasteiger partial charge is 0.311 e. The molecule has 0 spiro atoms. The van der Waals surface area contributed by atoms with Crippen LogP contribution in [0.25, 0.3) is 187 Å². The third kappa shape index (κ3) is 13.8. The van der Waals surface area contributed by atoms with E-state index in [1.165, 1.54) is 181 Å². The minimum atomic E-state index is 1.10. The van der Waals surface area contributed by atoms with Crippen LogP contribution in [-0.4, -0.2) is 9.13 Å². The van der Waals surface area contributed by atoms with Crippen LogP contribution in [0.4, 0.5) is 34.1 Å². The van der Waals surface area contributed by atoms with E-state index in [0.717, 1.165) is 39.8 Å². The summed E-state index contributed by atoms with van der Waals surface area (Å²) in [5.41, 5.74) is 33.2. The van der Waals surface area contributed by atoms with E-state index in [1.807, 2.05) is 0 Å². The molecular formula is C124H84N4. The molecular weight excluding hydrogens is 1550 g/mol. The van der Waals surface area contributed by atoms with Gasteiger partial charge >= 0.3 is 0 Å². The Balaban J connectivity index is 0.000000146. The number of hydrogen-bond acceptors (Lipinski definition) is 2. The lowest BCUT2D eigenvalue weighted by molar-refractivity contribution is 1.18. The summed E-state index contributed by atoms with van der Waals surface area (Å²) in [5, 5.41) is 15.0. The molecule has 0 saturated heterocycles. The Labute approximate surface area is 744 Å². The number of fused-ring (bicyclic) bond motifs is 10. The van der Waals surface area contributed by atoms with Crippen LogP contribution in [-0.2, 0) is 0 Å². The van der Waals surface area contributed by atoms with Crippen molar-refractivity contribution in [3.8, 4) is 100 Å². The lowest BCUT2D eigenvalue weighted by atomic mass is 9.86. The van der Waals surface area contributed by atoms with Gasteiger partial charge in [-0.2, -0.15) is 0 Å². The molecule has 0 aliphatic carbocycles. The zero-order valence-electron chi connectivity index (χ0n) is 70.3. The number of hydrogen-bond donors (Lipinski definition) is 0. The van der Waals surface area contributed by atoms with E-state index in [4.69, 9.17) is 0 Å². The van der Waals surface area contributed by atoms with Gasteiger partial charge in [-0.05, 0) is 254 Å². The second-order valence-corrected chi connectivity index (χ2v) is 32.9. The second kappa shape index (κ2) is 33.0. The number of anilines is 6. The smallest absolute Gasteiger partial charge is 0.0541 e. The van der Waals surface area contributed by atoms with Gasteiger partial charge in [-0.3, -0.25) is 0 Å². The molecule has 0 unspecified atom stereocenters. The first-order valence-corrected chi connectivity index (χ1v) is 44.0. The topological polar surface area (TPSA) is 16.3 Å². The van der Waals surface area contributed by atoms with E-state index in [-0.39, 0.29) is 0 Å². The van der Waals surface area contributed by atoms with E-state index in [0.29, 0.717) is 0 Å². The highest BCUT2D eigenvalue weighted by Gasteiger charge is 2.24. The van der Waals surface area contributed by atoms with E-state index in [1.54, 1.807) is 0 Å². The van der Waals surface area contributed by atoms with Gasteiger partial charge < -0.3 is 18.9 Å². The van der Waals surface area contributed by atoms with Crippen molar-refractivity contribution in [3.63, 3.8) is 0 Å². The quantitative estimate of drug-likeness (QED) is 0.0897. The van der Waals surface area contributed by atoms with E-state index < -0.39 is 0 Å². The van der Waals surface area contributed by atoms with Crippen LogP contribution in [0.2, 0.25) is 0 Å². The van der Waals surface area contributed by atoms with E-state index in [9.17, 15) is 0 Å². The lowest BCUT2D eigenvalue weighted by Crippen LogP contribution is -2.09. The van der Waals surface area contributed by atoms with Crippen molar-refractivity contribution in [1.82, 2.24) is 9.13 Å². The third-order valence-electron chi connectivity index (χ3n) is 25.5. The number of para-hydroxylation sites is 5. The molecule has 24 aromatic rings. The Morgan fingerprint density at radius 1 is 0.133 bits per heavy atom. The summed E-state index contributed by atoms with van der Waals surface area (Å²) in [6.07, 6.45) is 0. The average Bonchev–Trinajstić information content (AvgIpc) is 1.23. The first-order chi connectivity index (χ1) is 63.5. The summed E-state index contributed by atoms with van der Waals surface area (Å²) < 4.78 is 4.82. The van der Waals surface area contributed by atoms with Gasteiger partial charge in [-0.15, -0.1) is 0 Å². The van der Waals surface area contributed by atoms with Crippen molar-refractivity contribution in [2.24, 2.45) is 0 Å². The van der Waals surface area contributed by atoms with Crippen molar-refractivity contribution >= 4 is 121 Å². The predicted molar refractivity (Wildman–Crippen MR) is 544 cm³/mol. The maximum absolute atomic E-state index is 2.42. The highest BCUT2D eigenvalue weighted by Crippen LogP contribution is 2.49.